The molecule has 0 saturated carbocycles. The van der Waals surface area contributed by atoms with Crippen LogP contribution in [0.15, 0.2) is 22.7 Å². The van der Waals surface area contributed by atoms with Gasteiger partial charge in [-0.05, 0) is 38.5 Å². The maximum atomic E-state index is 13.1. The second kappa shape index (κ2) is 6.61. The highest BCUT2D eigenvalue weighted by Crippen LogP contribution is 2.38. The van der Waals surface area contributed by atoms with Crippen molar-refractivity contribution >= 4 is 21.6 Å². The first-order valence-corrected chi connectivity index (χ1v) is 6.81. The monoisotopic (exact) mass is 339 g/mol. The molecule has 0 saturated heterocycles. The van der Waals surface area contributed by atoms with Crippen molar-refractivity contribution in [1.82, 2.24) is 0 Å². The summed E-state index contributed by atoms with van der Waals surface area (Å²) in [6, 6.07) is 4.07. The molecule has 6 heteroatoms. The van der Waals surface area contributed by atoms with Crippen LogP contribution in [0.3, 0.4) is 0 Å². The standard InChI is InChI=1S/C13H17BrF3NO/c1-9(2)18(6-3-7-19)12-5-4-10(14)8-11(12)13(15,16)17/h4-5,8-9,19H,3,6-7H2,1-2H3. The third-order valence-corrected chi connectivity index (χ3v) is 3.25. The number of hydrogen-bond donors (Lipinski definition) is 1. The molecule has 1 aromatic rings. The van der Waals surface area contributed by atoms with Crippen LogP contribution in [0.4, 0.5) is 18.9 Å². The van der Waals surface area contributed by atoms with E-state index in [0.29, 0.717) is 17.4 Å². The van der Waals surface area contributed by atoms with E-state index in [1.54, 1.807) is 11.0 Å². The minimum atomic E-state index is -4.40. The summed E-state index contributed by atoms with van der Waals surface area (Å²) in [5.41, 5.74) is -0.507. The second-order valence-corrected chi connectivity index (χ2v) is 5.44. The zero-order valence-corrected chi connectivity index (χ0v) is 12.4. The number of hydrogen-bond acceptors (Lipinski definition) is 2. The van der Waals surface area contributed by atoms with Crippen molar-refractivity contribution in [2.75, 3.05) is 18.1 Å². The van der Waals surface area contributed by atoms with Gasteiger partial charge in [0.1, 0.15) is 0 Å². The summed E-state index contributed by atoms with van der Waals surface area (Å²) in [6.07, 6.45) is -3.96. The number of aliphatic hydroxyl groups is 1. The van der Waals surface area contributed by atoms with E-state index in [1.165, 1.54) is 6.07 Å². The average Bonchev–Trinajstić information content (AvgIpc) is 2.29. The van der Waals surface area contributed by atoms with Gasteiger partial charge < -0.3 is 10.0 Å². The maximum Gasteiger partial charge on any atom is 0.418 e. The van der Waals surface area contributed by atoms with Crippen molar-refractivity contribution in [1.29, 1.82) is 0 Å². The van der Waals surface area contributed by atoms with Crippen molar-refractivity contribution in [3.05, 3.63) is 28.2 Å². The van der Waals surface area contributed by atoms with Crippen LogP contribution in [0, 0.1) is 0 Å². The Morgan fingerprint density at radius 1 is 1.32 bits per heavy atom. The molecular weight excluding hydrogens is 323 g/mol. The van der Waals surface area contributed by atoms with Gasteiger partial charge >= 0.3 is 6.18 Å². The first kappa shape index (κ1) is 16.3. The Kier molecular flexibility index (Phi) is 5.67. The van der Waals surface area contributed by atoms with Gasteiger partial charge in [-0.15, -0.1) is 0 Å². The summed E-state index contributed by atoms with van der Waals surface area (Å²) < 4.78 is 39.6. The molecule has 1 rings (SSSR count). The van der Waals surface area contributed by atoms with Gasteiger partial charge in [-0.25, -0.2) is 0 Å². The molecule has 0 aliphatic rings. The van der Waals surface area contributed by atoms with Gasteiger partial charge in [0.05, 0.1) is 5.56 Å². The average molecular weight is 340 g/mol. The van der Waals surface area contributed by atoms with E-state index in [9.17, 15) is 13.2 Å². The quantitative estimate of drug-likeness (QED) is 0.874. The van der Waals surface area contributed by atoms with Crippen LogP contribution >= 0.6 is 15.9 Å². The van der Waals surface area contributed by atoms with Crippen LogP contribution in [-0.4, -0.2) is 24.3 Å². The van der Waals surface area contributed by atoms with Crippen LogP contribution < -0.4 is 4.90 Å². The van der Waals surface area contributed by atoms with Crippen LogP contribution in [0.1, 0.15) is 25.8 Å². The van der Waals surface area contributed by atoms with Gasteiger partial charge in [0.2, 0.25) is 0 Å². The van der Waals surface area contributed by atoms with E-state index in [0.717, 1.165) is 6.07 Å². The highest BCUT2D eigenvalue weighted by atomic mass is 79.9. The zero-order chi connectivity index (χ0) is 14.6. The van der Waals surface area contributed by atoms with Crippen molar-refractivity contribution in [3.63, 3.8) is 0 Å². The molecule has 108 valence electrons. The molecule has 0 aliphatic carbocycles. The summed E-state index contributed by atoms with van der Waals surface area (Å²) >= 11 is 3.07. The summed E-state index contributed by atoms with van der Waals surface area (Å²) in [6.45, 7) is 4.01. The SMILES string of the molecule is CC(C)N(CCCO)c1ccc(Br)cc1C(F)(F)F. The molecule has 0 aromatic heterocycles. The number of alkyl halides is 3. The molecule has 0 amide bonds. The van der Waals surface area contributed by atoms with Crippen molar-refractivity contribution in [3.8, 4) is 0 Å². The number of anilines is 1. The van der Waals surface area contributed by atoms with Crippen LogP contribution in [0.25, 0.3) is 0 Å². The first-order valence-electron chi connectivity index (χ1n) is 6.01. The third-order valence-electron chi connectivity index (χ3n) is 2.75. The molecule has 0 radical (unpaired) electrons. The van der Waals surface area contributed by atoms with E-state index in [4.69, 9.17) is 5.11 Å². The lowest BCUT2D eigenvalue weighted by Crippen LogP contribution is -2.34. The number of aliphatic hydroxyl groups excluding tert-OH is 1. The molecule has 0 heterocycles. The Bertz CT molecular complexity index is 421. The van der Waals surface area contributed by atoms with Gasteiger partial charge in [-0.1, -0.05) is 15.9 Å². The summed E-state index contributed by atoms with van der Waals surface area (Å²) in [5.74, 6) is 0. The van der Waals surface area contributed by atoms with Crippen LogP contribution in [0.5, 0.6) is 0 Å². The fourth-order valence-corrected chi connectivity index (χ4v) is 2.24. The van der Waals surface area contributed by atoms with Crippen LogP contribution in [-0.2, 0) is 6.18 Å². The summed E-state index contributed by atoms with van der Waals surface area (Å²) in [5, 5.41) is 8.86. The van der Waals surface area contributed by atoms with Crippen LogP contribution in [0.2, 0.25) is 0 Å². The molecule has 19 heavy (non-hydrogen) atoms. The van der Waals surface area contributed by atoms with E-state index >= 15 is 0 Å². The third kappa shape index (κ3) is 4.38. The predicted molar refractivity (Wildman–Crippen MR) is 73.3 cm³/mol. The molecule has 2 nitrogen and oxygen atoms in total. The Morgan fingerprint density at radius 2 is 1.95 bits per heavy atom. The normalized spacial score (nSPS) is 12.0. The Labute approximate surface area is 119 Å². The molecule has 0 unspecified atom stereocenters. The first-order chi connectivity index (χ1) is 8.77. The van der Waals surface area contributed by atoms with Gasteiger partial charge in [0.25, 0.3) is 0 Å². The maximum absolute atomic E-state index is 13.1. The molecule has 1 aromatic carbocycles. The summed E-state index contributed by atoms with van der Waals surface area (Å²) in [4.78, 5) is 1.66. The minimum absolute atomic E-state index is 0.0406. The Morgan fingerprint density at radius 3 is 2.42 bits per heavy atom. The largest absolute Gasteiger partial charge is 0.418 e. The molecule has 0 aliphatic heterocycles. The van der Waals surface area contributed by atoms with E-state index in [2.05, 4.69) is 15.9 Å². The van der Waals surface area contributed by atoms with Crippen molar-refractivity contribution in [2.45, 2.75) is 32.5 Å². The van der Waals surface area contributed by atoms with Gasteiger partial charge in [0, 0.05) is 29.4 Å². The van der Waals surface area contributed by atoms with E-state index < -0.39 is 11.7 Å². The second-order valence-electron chi connectivity index (χ2n) is 4.52. The number of rotatable bonds is 5. The smallest absolute Gasteiger partial charge is 0.396 e. The van der Waals surface area contributed by atoms with Crippen molar-refractivity contribution in [2.24, 2.45) is 0 Å². The van der Waals surface area contributed by atoms with Gasteiger partial charge in [0.15, 0.2) is 0 Å². The highest BCUT2D eigenvalue weighted by Gasteiger charge is 2.35. The fourth-order valence-electron chi connectivity index (χ4n) is 1.88. The lowest BCUT2D eigenvalue weighted by molar-refractivity contribution is -0.137. The molecule has 0 spiro atoms. The van der Waals surface area contributed by atoms with Gasteiger partial charge in [-0.2, -0.15) is 13.2 Å². The number of nitrogens with zero attached hydrogens (tertiary/aromatic N) is 1. The topological polar surface area (TPSA) is 23.5 Å². The number of halogens is 4. The lowest BCUT2D eigenvalue weighted by atomic mass is 10.1. The lowest BCUT2D eigenvalue weighted by Gasteiger charge is -2.31. The molecule has 1 N–H and O–H groups in total. The highest BCUT2D eigenvalue weighted by molar-refractivity contribution is 9.10. The van der Waals surface area contributed by atoms with E-state index in [-0.39, 0.29) is 18.3 Å². The molecule has 0 bridgehead atoms. The molecule has 0 fully saturated rings. The van der Waals surface area contributed by atoms with Gasteiger partial charge in [-0.3, -0.25) is 0 Å². The fraction of sp³-hybridized carbons (Fsp3) is 0.538. The Balaban J connectivity index is 3.22. The number of benzene rings is 1. The Hall–Kier alpha value is -0.750. The summed E-state index contributed by atoms with van der Waals surface area (Å²) in [7, 11) is 0. The van der Waals surface area contributed by atoms with Crippen molar-refractivity contribution < 1.29 is 18.3 Å². The minimum Gasteiger partial charge on any atom is -0.396 e. The predicted octanol–water partition coefficient (Wildman–Crippen LogP) is 4.07. The molecule has 0 atom stereocenters. The molecular formula is C13H17BrF3NO. The van der Waals surface area contributed by atoms with E-state index in [1.807, 2.05) is 13.8 Å². The zero-order valence-electron chi connectivity index (χ0n) is 10.8.